The first kappa shape index (κ1) is 41.0. The van der Waals surface area contributed by atoms with Crippen molar-refractivity contribution in [1.82, 2.24) is 5.32 Å². The maximum Gasteiger partial charge on any atom is 0.472 e. The fourth-order valence-electron chi connectivity index (χ4n) is 3.95. The van der Waals surface area contributed by atoms with Crippen molar-refractivity contribution in [2.75, 3.05) is 19.8 Å². The number of hydrogen-bond donors (Lipinski definition) is 4. The molecule has 12 heteroatoms. The van der Waals surface area contributed by atoms with E-state index in [-0.39, 0.29) is 12.8 Å². The molecule has 0 saturated carbocycles. The standard InChI is InChI=1S/C31H56NO10P/c1-3-5-6-7-8-9-10-11-12-13-14-15-16-17-18-19-20-21-22-23-30(35)40-24-27(33)25-41-43(38,39)42-26-28(31(36)37)32-29(34)4-2/h8-9,11-12,27-28,33H,3-7,10,13-26H2,1-2H3,(H,32,34)(H,36,37)(H,38,39)/b9-8-,12-11-. The second-order valence-electron chi connectivity index (χ2n) is 10.6. The highest BCUT2D eigenvalue weighted by Gasteiger charge is 2.28. The highest BCUT2D eigenvalue weighted by molar-refractivity contribution is 7.47. The molecule has 0 aromatic carbocycles. The number of hydrogen-bond acceptors (Lipinski definition) is 8. The van der Waals surface area contributed by atoms with Crippen LogP contribution in [0.4, 0.5) is 0 Å². The van der Waals surface area contributed by atoms with Gasteiger partial charge < -0.3 is 25.2 Å². The zero-order valence-corrected chi connectivity index (χ0v) is 27.1. The number of nitrogens with one attached hydrogen (secondary N) is 1. The van der Waals surface area contributed by atoms with Crippen LogP contribution in [-0.2, 0) is 32.7 Å². The molecule has 0 bridgehead atoms. The normalized spacial score (nSPS) is 14.5. The number of allylic oxidation sites excluding steroid dienone is 4. The molecule has 0 aromatic rings. The number of aliphatic hydroxyl groups excluding tert-OH is 1. The quantitative estimate of drug-likeness (QED) is 0.0314. The van der Waals surface area contributed by atoms with Crippen LogP contribution in [0, 0.1) is 0 Å². The zero-order valence-electron chi connectivity index (χ0n) is 26.3. The van der Waals surface area contributed by atoms with Crippen molar-refractivity contribution in [2.45, 2.75) is 135 Å². The zero-order chi connectivity index (χ0) is 32.2. The topological polar surface area (TPSA) is 169 Å². The van der Waals surface area contributed by atoms with Crippen molar-refractivity contribution < 1.29 is 47.8 Å². The summed E-state index contributed by atoms with van der Waals surface area (Å²) in [5.74, 6) is -2.50. The van der Waals surface area contributed by atoms with E-state index in [1.54, 1.807) is 0 Å². The third-order valence-corrected chi connectivity index (χ3v) is 7.51. The molecule has 0 aliphatic carbocycles. The predicted molar refractivity (Wildman–Crippen MR) is 166 cm³/mol. The SMILES string of the molecule is CCCCC/C=C\C/C=C\CCCCCCCCCCCC(=O)OCC(O)COP(=O)(O)OCC(NC(=O)CC)C(=O)O. The summed E-state index contributed by atoms with van der Waals surface area (Å²) in [6.07, 6.45) is 25.2. The van der Waals surface area contributed by atoms with Crippen LogP contribution in [0.1, 0.15) is 123 Å². The largest absolute Gasteiger partial charge is 0.480 e. The van der Waals surface area contributed by atoms with Crippen molar-refractivity contribution in [3.05, 3.63) is 24.3 Å². The maximum absolute atomic E-state index is 11.9. The number of aliphatic hydroxyl groups is 1. The van der Waals surface area contributed by atoms with Crippen LogP contribution in [-0.4, -0.2) is 64.9 Å². The second kappa shape index (κ2) is 27.5. The van der Waals surface area contributed by atoms with E-state index in [9.17, 15) is 28.9 Å². The fourth-order valence-corrected chi connectivity index (χ4v) is 4.73. The van der Waals surface area contributed by atoms with Crippen molar-refractivity contribution in [3.8, 4) is 0 Å². The lowest BCUT2D eigenvalue weighted by atomic mass is 10.1. The molecule has 0 aromatic heterocycles. The van der Waals surface area contributed by atoms with Crippen LogP contribution in [0.3, 0.4) is 0 Å². The molecule has 0 radical (unpaired) electrons. The Morgan fingerprint density at radius 3 is 1.86 bits per heavy atom. The molecule has 4 N–H and O–H groups in total. The van der Waals surface area contributed by atoms with E-state index in [1.807, 2.05) is 0 Å². The first-order valence-corrected chi connectivity index (χ1v) is 17.4. The third kappa shape index (κ3) is 27.3. The Kier molecular flexibility index (Phi) is 26.2. The number of unbranched alkanes of at least 4 members (excludes halogenated alkanes) is 12. The van der Waals surface area contributed by atoms with Gasteiger partial charge in [0.05, 0.1) is 13.2 Å². The summed E-state index contributed by atoms with van der Waals surface area (Å²) in [4.78, 5) is 44.0. The molecule has 0 aliphatic rings. The number of carbonyl (C=O) groups excluding carboxylic acids is 2. The van der Waals surface area contributed by atoms with Gasteiger partial charge in [-0.3, -0.25) is 18.6 Å². The first-order chi connectivity index (χ1) is 20.6. The van der Waals surface area contributed by atoms with Crippen LogP contribution in [0.25, 0.3) is 0 Å². The molecule has 0 heterocycles. The Morgan fingerprint density at radius 1 is 0.767 bits per heavy atom. The number of carboxylic acids is 1. The van der Waals surface area contributed by atoms with Crippen molar-refractivity contribution >= 4 is 25.7 Å². The number of carbonyl (C=O) groups is 3. The van der Waals surface area contributed by atoms with Gasteiger partial charge in [0.1, 0.15) is 12.7 Å². The number of carboxylic acid groups (broad SMARTS) is 1. The highest BCUT2D eigenvalue weighted by atomic mass is 31.2. The molecule has 0 saturated heterocycles. The van der Waals surface area contributed by atoms with E-state index in [4.69, 9.17) is 9.84 Å². The number of rotatable bonds is 29. The monoisotopic (exact) mass is 633 g/mol. The summed E-state index contributed by atoms with van der Waals surface area (Å²) in [6.45, 7) is 1.84. The molecule has 0 fully saturated rings. The average molecular weight is 634 g/mol. The maximum atomic E-state index is 11.9. The number of esters is 1. The molecule has 0 spiro atoms. The lowest BCUT2D eigenvalue weighted by Crippen LogP contribution is -2.43. The Labute approximate surface area is 258 Å². The fraction of sp³-hybridized carbons (Fsp3) is 0.774. The van der Waals surface area contributed by atoms with Crippen molar-refractivity contribution in [3.63, 3.8) is 0 Å². The summed E-state index contributed by atoms with van der Waals surface area (Å²) < 4.78 is 26.1. The number of phosphoric ester groups is 1. The van der Waals surface area contributed by atoms with Gasteiger partial charge >= 0.3 is 19.8 Å². The van der Waals surface area contributed by atoms with E-state index >= 15 is 0 Å². The lowest BCUT2D eigenvalue weighted by Gasteiger charge is -2.18. The second-order valence-corrected chi connectivity index (χ2v) is 12.1. The molecular formula is C31H56NO10P. The number of amides is 1. The van der Waals surface area contributed by atoms with E-state index in [0.29, 0.717) is 6.42 Å². The number of ether oxygens (including phenoxy) is 1. The molecule has 0 aliphatic heterocycles. The molecule has 11 nitrogen and oxygen atoms in total. The van der Waals surface area contributed by atoms with Gasteiger partial charge in [0.2, 0.25) is 5.91 Å². The summed E-state index contributed by atoms with van der Waals surface area (Å²) in [6, 6.07) is -1.54. The van der Waals surface area contributed by atoms with Gasteiger partial charge in [-0.1, -0.05) is 95.9 Å². The van der Waals surface area contributed by atoms with E-state index in [1.165, 1.54) is 64.7 Å². The van der Waals surface area contributed by atoms with Gasteiger partial charge in [-0.05, 0) is 38.5 Å². The molecule has 3 atom stereocenters. The van der Waals surface area contributed by atoms with Crippen LogP contribution in [0.5, 0.6) is 0 Å². The van der Waals surface area contributed by atoms with Crippen LogP contribution < -0.4 is 5.32 Å². The summed E-state index contributed by atoms with van der Waals surface area (Å²) in [5.41, 5.74) is 0. The number of aliphatic carboxylic acids is 1. The van der Waals surface area contributed by atoms with Gasteiger partial charge in [-0.25, -0.2) is 9.36 Å². The molecule has 3 unspecified atom stereocenters. The minimum absolute atomic E-state index is 0.0265. The van der Waals surface area contributed by atoms with Crippen molar-refractivity contribution in [2.24, 2.45) is 0 Å². The molecule has 1 amide bonds. The smallest absolute Gasteiger partial charge is 0.472 e. The minimum atomic E-state index is -4.71. The highest BCUT2D eigenvalue weighted by Crippen LogP contribution is 2.43. The van der Waals surface area contributed by atoms with E-state index < -0.39 is 57.6 Å². The Bertz CT molecular complexity index is 848. The van der Waals surface area contributed by atoms with Gasteiger partial charge in [0.25, 0.3) is 0 Å². The molecule has 250 valence electrons. The van der Waals surface area contributed by atoms with Gasteiger partial charge in [0.15, 0.2) is 6.04 Å². The Morgan fingerprint density at radius 2 is 1.30 bits per heavy atom. The van der Waals surface area contributed by atoms with Crippen LogP contribution >= 0.6 is 7.82 Å². The minimum Gasteiger partial charge on any atom is -0.480 e. The third-order valence-electron chi connectivity index (χ3n) is 6.56. The molecular weight excluding hydrogens is 577 g/mol. The Hall–Kier alpha value is -2.04. The lowest BCUT2D eigenvalue weighted by molar-refractivity contribution is -0.147. The number of phosphoric acid groups is 1. The predicted octanol–water partition coefficient (Wildman–Crippen LogP) is 6.38. The molecule has 43 heavy (non-hydrogen) atoms. The van der Waals surface area contributed by atoms with E-state index in [2.05, 4.69) is 45.6 Å². The van der Waals surface area contributed by atoms with Gasteiger partial charge in [0, 0.05) is 12.8 Å². The summed E-state index contributed by atoms with van der Waals surface area (Å²) in [7, 11) is -4.71. The van der Waals surface area contributed by atoms with Crippen LogP contribution in [0.2, 0.25) is 0 Å². The first-order valence-electron chi connectivity index (χ1n) is 15.9. The summed E-state index contributed by atoms with van der Waals surface area (Å²) in [5, 5.41) is 21.1. The average Bonchev–Trinajstić information content (AvgIpc) is 2.98. The van der Waals surface area contributed by atoms with Gasteiger partial charge in [-0.2, -0.15) is 0 Å². The van der Waals surface area contributed by atoms with Crippen molar-refractivity contribution in [1.29, 1.82) is 0 Å². The van der Waals surface area contributed by atoms with Gasteiger partial charge in [-0.15, -0.1) is 0 Å². The van der Waals surface area contributed by atoms with Crippen LogP contribution in [0.15, 0.2) is 24.3 Å². The van der Waals surface area contributed by atoms with E-state index in [0.717, 1.165) is 32.1 Å². The Balaban J connectivity index is 3.72. The summed E-state index contributed by atoms with van der Waals surface area (Å²) >= 11 is 0. The molecule has 0 rings (SSSR count).